The molecule has 0 bridgehead atoms. The Morgan fingerprint density at radius 2 is 1.67 bits per heavy atom. The van der Waals surface area contributed by atoms with Crippen molar-refractivity contribution in [3.05, 3.63) is 56.4 Å². The van der Waals surface area contributed by atoms with Crippen LogP contribution in [0.1, 0.15) is 45.0 Å². The number of likely N-dealkylation sites (tertiary alicyclic amines) is 1. The Morgan fingerprint density at radius 1 is 1.00 bits per heavy atom. The van der Waals surface area contributed by atoms with Crippen LogP contribution in [0.15, 0.2) is 33.9 Å². The summed E-state index contributed by atoms with van der Waals surface area (Å²) in [6.07, 6.45) is 2.05. The van der Waals surface area contributed by atoms with Crippen LogP contribution < -0.4 is 11.1 Å². The molecule has 0 saturated carbocycles. The average molecular weight is 371 g/mol. The fourth-order valence-electron chi connectivity index (χ4n) is 3.42. The fourth-order valence-corrected chi connectivity index (χ4v) is 3.42. The zero-order valence-electron chi connectivity index (χ0n) is 16.7. The summed E-state index contributed by atoms with van der Waals surface area (Å²) in [6.45, 7) is 9.67. The fraction of sp³-hybridized carbons (Fsp3) is 0.600. The summed E-state index contributed by atoms with van der Waals surface area (Å²) in [5, 5.41) is 8.90. The molecule has 1 fully saturated rings. The smallest absolute Gasteiger partial charge is 0.266 e. The highest BCUT2D eigenvalue weighted by Crippen LogP contribution is 2.21. The predicted octanol–water partition coefficient (Wildman–Crippen LogP) is 1.55. The molecule has 0 radical (unpaired) electrons. The summed E-state index contributed by atoms with van der Waals surface area (Å²) in [5.41, 5.74) is 1.67. The van der Waals surface area contributed by atoms with Crippen LogP contribution >= 0.6 is 0 Å². The molecule has 2 aromatic rings. The van der Waals surface area contributed by atoms with E-state index in [2.05, 4.69) is 35.9 Å². The molecule has 27 heavy (non-hydrogen) atoms. The van der Waals surface area contributed by atoms with Crippen LogP contribution in [0.4, 0.5) is 0 Å². The lowest BCUT2D eigenvalue weighted by atomic mass is 9.92. The molecule has 0 spiro atoms. The van der Waals surface area contributed by atoms with Crippen LogP contribution in [0.5, 0.6) is 0 Å². The molecule has 7 nitrogen and oxygen atoms in total. The summed E-state index contributed by atoms with van der Waals surface area (Å²) in [4.78, 5) is 26.0. The molecule has 0 unspecified atom stereocenters. The molecule has 0 atom stereocenters. The van der Waals surface area contributed by atoms with Crippen LogP contribution in [0.25, 0.3) is 0 Å². The average Bonchev–Trinajstić information content (AvgIpc) is 2.61. The van der Waals surface area contributed by atoms with Gasteiger partial charge in [0.2, 0.25) is 0 Å². The van der Waals surface area contributed by atoms with Gasteiger partial charge in [0.25, 0.3) is 11.1 Å². The van der Waals surface area contributed by atoms with Crippen LogP contribution in [0.2, 0.25) is 0 Å². The Bertz CT molecular complexity index is 902. The summed E-state index contributed by atoms with van der Waals surface area (Å²) >= 11 is 0. The Balaban J connectivity index is 1.59. The normalized spacial score (nSPS) is 16.6. The molecular weight excluding hydrogens is 342 g/mol. The topological polar surface area (TPSA) is 73.0 Å². The van der Waals surface area contributed by atoms with Crippen molar-refractivity contribution in [3.63, 3.8) is 0 Å². The third-order valence-corrected chi connectivity index (χ3v) is 5.17. The van der Waals surface area contributed by atoms with E-state index in [1.807, 2.05) is 6.07 Å². The van der Waals surface area contributed by atoms with E-state index in [0.717, 1.165) is 43.9 Å². The second-order valence-electron chi connectivity index (χ2n) is 8.49. The summed E-state index contributed by atoms with van der Waals surface area (Å²) in [5.74, 6) is 0.453. The van der Waals surface area contributed by atoms with Gasteiger partial charge in [-0.05, 0) is 44.0 Å². The lowest BCUT2D eigenvalue weighted by Gasteiger charge is -2.31. The molecule has 0 aliphatic carbocycles. The Kier molecular flexibility index (Phi) is 5.60. The Morgan fingerprint density at radius 3 is 2.30 bits per heavy atom. The van der Waals surface area contributed by atoms with Crippen molar-refractivity contribution in [2.24, 2.45) is 13.0 Å². The van der Waals surface area contributed by atoms with E-state index in [0.29, 0.717) is 12.5 Å². The lowest BCUT2D eigenvalue weighted by molar-refractivity contribution is 0.161. The Labute approximate surface area is 159 Å². The summed E-state index contributed by atoms with van der Waals surface area (Å²) in [6, 6.07) is 6.83. The monoisotopic (exact) mass is 371 g/mol. The van der Waals surface area contributed by atoms with E-state index < -0.39 is 0 Å². The van der Waals surface area contributed by atoms with Crippen LogP contribution in [0.3, 0.4) is 0 Å². The van der Waals surface area contributed by atoms with Crippen molar-refractivity contribution in [1.82, 2.24) is 24.5 Å². The molecular formula is C20H29N5O2. The van der Waals surface area contributed by atoms with Crippen molar-refractivity contribution in [3.8, 4) is 0 Å². The van der Waals surface area contributed by atoms with Gasteiger partial charge < -0.3 is 0 Å². The van der Waals surface area contributed by atoms with Gasteiger partial charge in [0, 0.05) is 37.7 Å². The third kappa shape index (κ3) is 4.91. The van der Waals surface area contributed by atoms with Gasteiger partial charge in [-0.15, -0.1) is 0 Å². The van der Waals surface area contributed by atoms with Gasteiger partial charge >= 0.3 is 0 Å². The highest BCUT2D eigenvalue weighted by atomic mass is 16.1. The van der Waals surface area contributed by atoms with Gasteiger partial charge in [-0.3, -0.25) is 14.5 Å². The summed E-state index contributed by atoms with van der Waals surface area (Å²) < 4.78 is 3.01. The largest absolute Gasteiger partial charge is 0.297 e. The quantitative estimate of drug-likeness (QED) is 0.815. The van der Waals surface area contributed by atoms with Gasteiger partial charge in [0.1, 0.15) is 0 Å². The first kappa shape index (κ1) is 19.5. The van der Waals surface area contributed by atoms with Crippen LogP contribution in [0, 0.1) is 5.92 Å². The molecule has 146 valence electrons. The first-order chi connectivity index (χ1) is 12.7. The van der Waals surface area contributed by atoms with Gasteiger partial charge in [0.15, 0.2) is 0 Å². The zero-order valence-corrected chi connectivity index (χ0v) is 16.7. The Hall–Kier alpha value is -2.28. The minimum Gasteiger partial charge on any atom is -0.297 e. The highest BCUT2D eigenvalue weighted by Gasteiger charge is 2.22. The summed E-state index contributed by atoms with van der Waals surface area (Å²) in [7, 11) is 1.68. The van der Waals surface area contributed by atoms with Crippen molar-refractivity contribution < 1.29 is 0 Å². The number of nitrogens with zero attached hydrogens (tertiary/aromatic N) is 5. The van der Waals surface area contributed by atoms with Crippen molar-refractivity contribution in [2.45, 2.75) is 52.1 Å². The molecule has 0 N–H and O–H groups in total. The molecule has 1 saturated heterocycles. The van der Waals surface area contributed by atoms with Gasteiger partial charge in [-0.25, -0.2) is 9.36 Å². The van der Waals surface area contributed by atoms with E-state index in [1.165, 1.54) is 4.68 Å². The predicted molar refractivity (Wildman–Crippen MR) is 105 cm³/mol. The second-order valence-corrected chi connectivity index (χ2v) is 8.49. The molecule has 7 heteroatoms. The van der Waals surface area contributed by atoms with Crippen molar-refractivity contribution >= 4 is 0 Å². The third-order valence-electron chi connectivity index (χ3n) is 5.17. The number of aromatic nitrogens is 4. The van der Waals surface area contributed by atoms with Gasteiger partial charge in [-0.1, -0.05) is 20.8 Å². The molecule has 0 aromatic carbocycles. The standard InChI is InChI=1S/C20H29N5O2/c1-20(2,3)17-6-8-19(27)25(22-17)13-15-9-11-24(12-10-15)14-16-5-7-18(26)23(4)21-16/h5-8,15H,9-14H2,1-4H3. The van der Waals surface area contributed by atoms with Crippen LogP contribution in [-0.4, -0.2) is 37.6 Å². The maximum Gasteiger partial charge on any atom is 0.266 e. The van der Waals surface area contributed by atoms with E-state index in [1.54, 1.807) is 29.9 Å². The number of hydrogen-bond acceptors (Lipinski definition) is 5. The minimum absolute atomic E-state index is 0.0279. The van der Waals surface area contributed by atoms with Crippen LogP contribution in [-0.2, 0) is 25.6 Å². The SMILES string of the molecule is Cn1nc(CN2CCC(Cn3nc(C(C)(C)C)ccc3=O)CC2)ccc1=O. The highest BCUT2D eigenvalue weighted by molar-refractivity contribution is 5.10. The maximum atomic E-state index is 12.2. The van der Waals surface area contributed by atoms with Crippen molar-refractivity contribution in [2.75, 3.05) is 13.1 Å². The zero-order chi connectivity index (χ0) is 19.6. The molecule has 3 heterocycles. The molecule has 1 aliphatic heterocycles. The molecule has 3 rings (SSSR count). The van der Waals surface area contributed by atoms with Gasteiger partial charge in [-0.2, -0.15) is 10.2 Å². The van der Waals surface area contributed by atoms with Crippen molar-refractivity contribution in [1.29, 1.82) is 0 Å². The number of piperidine rings is 1. The lowest BCUT2D eigenvalue weighted by Crippen LogP contribution is -2.37. The minimum atomic E-state index is -0.0899. The van der Waals surface area contributed by atoms with E-state index in [4.69, 9.17) is 0 Å². The van der Waals surface area contributed by atoms with E-state index >= 15 is 0 Å². The number of rotatable bonds is 4. The van der Waals surface area contributed by atoms with Gasteiger partial charge in [0.05, 0.1) is 11.4 Å². The van der Waals surface area contributed by atoms with E-state index in [9.17, 15) is 9.59 Å². The van der Waals surface area contributed by atoms with E-state index in [-0.39, 0.29) is 16.5 Å². The second kappa shape index (κ2) is 7.76. The molecule has 2 aromatic heterocycles. The number of hydrogen-bond donors (Lipinski definition) is 0. The first-order valence-electron chi connectivity index (χ1n) is 9.56. The number of aryl methyl sites for hydroxylation is 1. The maximum absolute atomic E-state index is 12.2. The first-order valence-corrected chi connectivity index (χ1v) is 9.56. The molecule has 0 amide bonds. The molecule has 1 aliphatic rings.